The molecule has 0 aromatic rings. The van der Waals surface area contributed by atoms with Gasteiger partial charge in [-0.15, -0.1) is 0 Å². The third kappa shape index (κ3) is 10.9. The first-order valence-corrected chi connectivity index (χ1v) is 2.42. The molecule has 0 aliphatic rings. The maximum absolute atomic E-state index is 9.46. The van der Waals surface area contributed by atoms with Crippen molar-refractivity contribution in [2.75, 3.05) is 12.9 Å². The summed E-state index contributed by atoms with van der Waals surface area (Å²) in [5.41, 5.74) is 0. The molecule has 7 heavy (non-hydrogen) atoms. The molecule has 0 fully saturated rings. The van der Waals surface area contributed by atoms with Crippen LogP contribution < -0.4 is 0 Å². The van der Waals surface area contributed by atoms with Crippen molar-refractivity contribution in [1.82, 2.24) is 0 Å². The Labute approximate surface area is 69.5 Å². The van der Waals surface area contributed by atoms with Crippen LogP contribution >= 0.6 is 12.0 Å². The fourth-order valence-electron chi connectivity index (χ4n) is 0.0958. The summed E-state index contributed by atoms with van der Waals surface area (Å²) in [6.07, 6.45) is 0.800. The van der Waals surface area contributed by atoms with Crippen molar-refractivity contribution in [1.29, 1.82) is 0 Å². The first-order chi connectivity index (χ1) is 2.91. The first-order valence-electron chi connectivity index (χ1n) is 1.51. The molecule has 0 rings (SSSR count). The molecule has 0 unspecified atom stereocenters. The minimum absolute atomic E-state index is 0. The van der Waals surface area contributed by atoms with Gasteiger partial charge in [0.05, 0.1) is 12.9 Å². The van der Waals surface area contributed by atoms with Crippen LogP contribution in [-0.4, -0.2) is 48.7 Å². The Bertz CT molecular complexity index is 41.9. The second-order valence-electron chi connectivity index (χ2n) is 0.618. The van der Waals surface area contributed by atoms with E-state index in [1.54, 1.807) is 0 Å². The van der Waals surface area contributed by atoms with Crippen LogP contribution in [0.4, 0.5) is 0 Å². The molecule has 0 saturated heterocycles. The predicted molar refractivity (Wildman–Crippen MR) is 32.7 cm³/mol. The van der Waals surface area contributed by atoms with Crippen molar-refractivity contribution < 1.29 is 8.98 Å². The summed E-state index contributed by atoms with van der Waals surface area (Å²) < 4.78 is 4.47. The molecule has 0 aliphatic heterocycles. The number of carbonyl (C=O) groups excluding carboxylic acids is 1. The van der Waals surface area contributed by atoms with Crippen LogP contribution in [0.15, 0.2) is 0 Å². The summed E-state index contributed by atoms with van der Waals surface area (Å²) in [6, 6.07) is 0. The van der Waals surface area contributed by atoms with E-state index < -0.39 is 0 Å². The van der Waals surface area contributed by atoms with Gasteiger partial charge in [0.25, 0.3) is 0 Å². The van der Waals surface area contributed by atoms with E-state index in [-0.39, 0.29) is 29.6 Å². The van der Waals surface area contributed by atoms with E-state index in [2.05, 4.69) is 4.18 Å². The summed E-state index contributed by atoms with van der Waals surface area (Å²) in [7, 11) is 1.54. The van der Waals surface area contributed by atoms with Crippen LogP contribution in [0.3, 0.4) is 0 Å². The average molecular weight is 130 g/mol. The molecular weight excluding hydrogens is 123 g/mol. The molecule has 0 aliphatic carbocycles. The summed E-state index contributed by atoms with van der Waals surface area (Å²) in [5.74, 6) is 0.427. The Morgan fingerprint density at radius 2 is 2.43 bits per heavy atom. The number of hydrogen-bond acceptors (Lipinski definition) is 3. The van der Waals surface area contributed by atoms with Gasteiger partial charge in [-0.3, -0.25) is 0 Å². The topological polar surface area (TPSA) is 26.3 Å². The Morgan fingerprint density at radius 3 is 2.57 bits per heavy atom. The van der Waals surface area contributed by atoms with Crippen LogP contribution in [0.1, 0.15) is 0 Å². The second kappa shape index (κ2) is 10.1. The molecule has 0 N–H and O–H groups in total. The van der Waals surface area contributed by atoms with Crippen LogP contribution in [0.5, 0.6) is 0 Å². The molecule has 0 radical (unpaired) electrons. The van der Waals surface area contributed by atoms with Crippen LogP contribution in [-0.2, 0) is 8.98 Å². The normalized spacial score (nSPS) is 7.00. The summed E-state index contributed by atoms with van der Waals surface area (Å²) in [4.78, 5) is 9.46. The molecule has 4 heteroatoms. The van der Waals surface area contributed by atoms with Crippen molar-refractivity contribution in [2.45, 2.75) is 0 Å². The van der Waals surface area contributed by atoms with Gasteiger partial charge < -0.3 is 8.98 Å². The Hall–Kier alpha value is 0.980. The van der Waals surface area contributed by atoms with E-state index in [1.165, 1.54) is 7.11 Å². The molecule has 0 atom stereocenters. The van der Waals surface area contributed by atoms with Gasteiger partial charge in [0, 0.05) is 0 Å². The summed E-state index contributed by atoms with van der Waals surface area (Å²) in [6.45, 7) is 0. The average Bonchev–Trinajstić information content (AvgIpc) is 1.61. The van der Waals surface area contributed by atoms with E-state index in [4.69, 9.17) is 0 Å². The minimum atomic E-state index is 0. The quantitative estimate of drug-likeness (QED) is 0.230. The molecule has 0 aromatic heterocycles. The Balaban J connectivity index is 0. The molecule has 38 valence electrons. The molecule has 0 bridgehead atoms. The van der Waals surface area contributed by atoms with Gasteiger partial charge in [0.1, 0.15) is 6.29 Å². The van der Waals surface area contributed by atoms with E-state index in [1.807, 2.05) is 0 Å². The number of rotatable bonds is 3. The van der Waals surface area contributed by atoms with Gasteiger partial charge in [-0.1, -0.05) is 0 Å². The summed E-state index contributed by atoms with van der Waals surface area (Å²) >= 11 is 1.14. The van der Waals surface area contributed by atoms with E-state index in [0.29, 0.717) is 5.75 Å². The fourth-order valence-corrected chi connectivity index (χ4v) is 0.287. The van der Waals surface area contributed by atoms with E-state index in [0.717, 1.165) is 18.3 Å². The molecule has 0 spiro atoms. The van der Waals surface area contributed by atoms with Crippen LogP contribution in [0, 0.1) is 0 Å². The van der Waals surface area contributed by atoms with Gasteiger partial charge in [-0.05, 0) is 12.0 Å². The Kier molecular flexibility index (Phi) is 15.6. The third-order valence-electron chi connectivity index (χ3n) is 0.254. The number of hydrogen-bond donors (Lipinski definition) is 0. The van der Waals surface area contributed by atoms with E-state index in [9.17, 15) is 4.79 Å². The van der Waals surface area contributed by atoms with Gasteiger partial charge in [-0.2, -0.15) is 0 Å². The zero-order chi connectivity index (χ0) is 4.83. The Morgan fingerprint density at radius 1 is 1.86 bits per heavy atom. The predicted octanol–water partition coefficient (Wildman–Crippen LogP) is -0.169. The molecule has 0 heterocycles. The van der Waals surface area contributed by atoms with Crippen molar-refractivity contribution in [2.24, 2.45) is 0 Å². The van der Waals surface area contributed by atoms with Crippen molar-refractivity contribution in [3.05, 3.63) is 0 Å². The second-order valence-corrected chi connectivity index (χ2v) is 1.52. The van der Waals surface area contributed by atoms with Gasteiger partial charge in [-0.25, -0.2) is 0 Å². The maximum atomic E-state index is 9.46. The molecule has 0 aromatic carbocycles. The molecule has 0 saturated carbocycles. The zero-order valence-corrected chi connectivity index (χ0v) is 4.33. The van der Waals surface area contributed by atoms with Gasteiger partial charge >= 0.3 is 29.6 Å². The first kappa shape index (κ1) is 10.9. The molecule has 2 nitrogen and oxygen atoms in total. The van der Waals surface area contributed by atoms with Crippen molar-refractivity contribution >= 4 is 47.9 Å². The number of carbonyl (C=O) groups is 1. The summed E-state index contributed by atoms with van der Waals surface area (Å²) in [5, 5.41) is 0. The van der Waals surface area contributed by atoms with Crippen molar-refractivity contribution in [3.63, 3.8) is 0 Å². The van der Waals surface area contributed by atoms with Gasteiger partial charge in [0.2, 0.25) is 0 Å². The van der Waals surface area contributed by atoms with Crippen LogP contribution in [0.2, 0.25) is 0 Å². The molecule has 0 amide bonds. The number of aldehydes is 1. The monoisotopic (exact) mass is 130 g/mol. The van der Waals surface area contributed by atoms with Gasteiger partial charge in [0.15, 0.2) is 0 Å². The van der Waals surface area contributed by atoms with Crippen molar-refractivity contribution in [3.8, 4) is 0 Å². The fraction of sp³-hybridized carbons (Fsp3) is 0.667. The van der Waals surface area contributed by atoms with E-state index >= 15 is 0 Å². The third-order valence-corrected chi connectivity index (χ3v) is 0.762. The van der Waals surface area contributed by atoms with Crippen LogP contribution in [0.25, 0.3) is 0 Å². The standard InChI is InChI=1S/C3H6O2S.Na.H/c1-5-6-3-2-4;;/h2H,3H2,1H3;;. The zero-order valence-electron chi connectivity index (χ0n) is 3.51. The molecular formula is C3H7NaO2S. The SMILES string of the molecule is COSCC=O.[NaH].